The number of rotatable bonds is 7. The molecule has 1 aromatic rings. The lowest BCUT2D eigenvalue weighted by Crippen LogP contribution is -2.29. The monoisotopic (exact) mass is 236 g/mol. The van der Waals surface area contributed by atoms with E-state index in [0.717, 1.165) is 18.4 Å². The lowest BCUT2D eigenvalue weighted by atomic mass is 10.2. The Kier molecular flexibility index (Phi) is 6.10. The van der Waals surface area contributed by atoms with Crippen LogP contribution in [0, 0.1) is 0 Å². The van der Waals surface area contributed by atoms with Gasteiger partial charge in [0.05, 0.1) is 0 Å². The van der Waals surface area contributed by atoms with Crippen LogP contribution in [0.3, 0.4) is 0 Å². The molecule has 0 saturated carbocycles. The number of benzene rings is 1. The van der Waals surface area contributed by atoms with Crippen molar-refractivity contribution in [3.8, 4) is 5.75 Å². The number of hydrogen-bond acceptors (Lipinski definition) is 3. The molecular weight excluding hydrogens is 216 g/mol. The van der Waals surface area contributed by atoms with Gasteiger partial charge in [0.1, 0.15) is 5.75 Å². The van der Waals surface area contributed by atoms with Crippen LogP contribution in [0.15, 0.2) is 24.3 Å². The third kappa shape index (κ3) is 5.36. The van der Waals surface area contributed by atoms with Crippen molar-refractivity contribution in [1.82, 2.24) is 5.32 Å². The second-order valence-corrected chi connectivity index (χ2v) is 3.84. The van der Waals surface area contributed by atoms with Crippen LogP contribution in [-0.2, 0) is 11.3 Å². The first-order valence-corrected chi connectivity index (χ1v) is 5.94. The third-order valence-electron chi connectivity index (χ3n) is 2.36. The largest absolute Gasteiger partial charge is 0.484 e. The molecular formula is C13H20N2O2. The van der Waals surface area contributed by atoms with Crippen molar-refractivity contribution < 1.29 is 9.53 Å². The highest BCUT2D eigenvalue weighted by atomic mass is 16.5. The highest BCUT2D eigenvalue weighted by molar-refractivity contribution is 5.77. The van der Waals surface area contributed by atoms with Crippen LogP contribution in [0.4, 0.5) is 0 Å². The molecule has 1 rings (SSSR count). The minimum absolute atomic E-state index is 0.0533. The van der Waals surface area contributed by atoms with E-state index in [4.69, 9.17) is 10.5 Å². The van der Waals surface area contributed by atoms with Gasteiger partial charge in [0.15, 0.2) is 6.61 Å². The first-order chi connectivity index (χ1) is 8.26. The predicted molar refractivity (Wildman–Crippen MR) is 67.7 cm³/mol. The molecule has 0 aromatic heterocycles. The van der Waals surface area contributed by atoms with Gasteiger partial charge in [-0.3, -0.25) is 4.79 Å². The van der Waals surface area contributed by atoms with E-state index in [1.165, 1.54) is 0 Å². The van der Waals surface area contributed by atoms with E-state index in [1.807, 2.05) is 24.3 Å². The maximum atomic E-state index is 11.4. The summed E-state index contributed by atoms with van der Waals surface area (Å²) in [6.45, 7) is 3.32. The molecule has 0 spiro atoms. The first-order valence-electron chi connectivity index (χ1n) is 5.94. The Morgan fingerprint density at radius 1 is 1.47 bits per heavy atom. The van der Waals surface area contributed by atoms with Gasteiger partial charge < -0.3 is 15.8 Å². The summed E-state index contributed by atoms with van der Waals surface area (Å²) in [7, 11) is 0. The van der Waals surface area contributed by atoms with E-state index < -0.39 is 0 Å². The second-order valence-electron chi connectivity index (χ2n) is 3.84. The van der Waals surface area contributed by atoms with Crippen LogP contribution in [0.2, 0.25) is 0 Å². The molecule has 17 heavy (non-hydrogen) atoms. The van der Waals surface area contributed by atoms with E-state index in [-0.39, 0.29) is 12.5 Å². The Hall–Kier alpha value is -1.55. The Morgan fingerprint density at radius 3 is 3.00 bits per heavy atom. The summed E-state index contributed by atoms with van der Waals surface area (Å²) in [5, 5.41) is 2.79. The average Bonchev–Trinajstić information content (AvgIpc) is 2.37. The number of nitrogens with one attached hydrogen (secondary N) is 1. The molecule has 0 aliphatic heterocycles. The molecule has 1 amide bonds. The van der Waals surface area contributed by atoms with Crippen molar-refractivity contribution in [2.24, 2.45) is 5.73 Å². The smallest absolute Gasteiger partial charge is 0.257 e. The van der Waals surface area contributed by atoms with Crippen molar-refractivity contribution in [2.75, 3.05) is 13.2 Å². The average molecular weight is 236 g/mol. The summed E-state index contributed by atoms with van der Waals surface area (Å²) in [6.07, 6.45) is 2.06. The molecule has 0 aliphatic carbocycles. The first kappa shape index (κ1) is 13.5. The summed E-state index contributed by atoms with van der Waals surface area (Å²) in [5.41, 5.74) is 6.52. The summed E-state index contributed by atoms with van der Waals surface area (Å²) in [5.74, 6) is 0.593. The number of amides is 1. The Labute approximate surface area is 102 Å². The molecule has 4 heteroatoms. The van der Waals surface area contributed by atoms with Crippen molar-refractivity contribution in [3.05, 3.63) is 29.8 Å². The molecule has 0 saturated heterocycles. The molecule has 3 N–H and O–H groups in total. The fourth-order valence-electron chi connectivity index (χ4n) is 1.37. The molecule has 0 atom stereocenters. The van der Waals surface area contributed by atoms with E-state index >= 15 is 0 Å². The lowest BCUT2D eigenvalue weighted by molar-refractivity contribution is -0.123. The molecule has 0 fully saturated rings. The van der Waals surface area contributed by atoms with Crippen LogP contribution in [0.5, 0.6) is 5.75 Å². The van der Waals surface area contributed by atoms with Crippen molar-refractivity contribution in [2.45, 2.75) is 26.3 Å². The number of nitrogens with two attached hydrogens (primary N) is 1. The van der Waals surface area contributed by atoms with Crippen molar-refractivity contribution >= 4 is 5.91 Å². The molecule has 0 unspecified atom stereocenters. The summed E-state index contributed by atoms with van der Waals surface area (Å²) >= 11 is 0. The number of carbonyl (C=O) groups excluding carboxylic acids is 1. The fraction of sp³-hybridized carbons (Fsp3) is 0.462. The Balaban J connectivity index is 2.31. The van der Waals surface area contributed by atoms with Gasteiger partial charge in [0.2, 0.25) is 0 Å². The fourth-order valence-corrected chi connectivity index (χ4v) is 1.37. The minimum Gasteiger partial charge on any atom is -0.484 e. The molecule has 0 aliphatic rings. The van der Waals surface area contributed by atoms with Gasteiger partial charge in [-0.2, -0.15) is 0 Å². The standard InChI is InChI=1S/C13H20N2O2/c1-2-3-7-15-13(16)10-17-12-6-4-5-11(8-12)9-14/h4-6,8H,2-3,7,9-10,14H2,1H3,(H,15,16). The van der Waals surface area contributed by atoms with Crippen LogP contribution in [0.1, 0.15) is 25.3 Å². The minimum atomic E-state index is -0.0865. The third-order valence-corrected chi connectivity index (χ3v) is 2.36. The zero-order chi connectivity index (χ0) is 12.5. The van der Waals surface area contributed by atoms with Gasteiger partial charge in [-0.15, -0.1) is 0 Å². The topological polar surface area (TPSA) is 64.3 Å². The number of carbonyl (C=O) groups is 1. The quantitative estimate of drug-likeness (QED) is 0.704. The SMILES string of the molecule is CCCCNC(=O)COc1cccc(CN)c1. The van der Waals surface area contributed by atoms with Crippen molar-refractivity contribution in [1.29, 1.82) is 0 Å². The van der Waals surface area contributed by atoms with E-state index in [1.54, 1.807) is 0 Å². The van der Waals surface area contributed by atoms with Crippen LogP contribution >= 0.6 is 0 Å². The van der Waals surface area contributed by atoms with Gasteiger partial charge in [-0.05, 0) is 24.1 Å². The number of ether oxygens (including phenoxy) is 1. The van der Waals surface area contributed by atoms with Gasteiger partial charge in [0, 0.05) is 13.1 Å². The zero-order valence-corrected chi connectivity index (χ0v) is 10.2. The number of hydrogen-bond donors (Lipinski definition) is 2. The maximum absolute atomic E-state index is 11.4. The van der Waals surface area contributed by atoms with Gasteiger partial charge in [-0.25, -0.2) is 0 Å². The van der Waals surface area contributed by atoms with Crippen LogP contribution in [0.25, 0.3) is 0 Å². The summed E-state index contributed by atoms with van der Waals surface area (Å²) < 4.78 is 5.37. The van der Waals surface area contributed by atoms with E-state index in [0.29, 0.717) is 18.8 Å². The van der Waals surface area contributed by atoms with Gasteiger partial charge >= 0.3 is 0 Å². The maximum Gasteiger partial charge on any atom is 0.257 e. The van der Waals surface area contributed by atoms with Crippen LogP contribution < -0.4 is 15.8 Å². The Morgan fingerprint density at radius 2 is 2.29 bits per heavy atom. The number of unbranched alkanes of at least 4 members (excludes halogenated alkanes) is 1. The van der Waals surface area contributed by atoms with Crippen LogP contribution in [-0.4, -0.2) is 19.1 Å². The predicted octanol–water partition coefficient (Wildman–Crippen LogP) is 1.44. The molecule has 0 bridgehead atoms. The molecule has 1 aromatic carbocycles. The molecule has 94 valence electrons. The second kappa shape index (κ2) is 7.68. The zero-order valence-electron chi connectivity index (χ0n) is 10.2. The Bertz CT molecular complexity index is 353. The molecule has 0 radical (unpaired) electrons. The highest BCUT2D eigenvalue weighted by Gasteiger charge is 2.02. The van der Waals surface area contributed by atoms with Gasteiger partial charge in [-0.1, -0.05) is 25.5 Å². The van der Waals surface area contributed by atoms with Crippen molar-refractivity contribution in [3.63, 3.8) is 0 Å². The summed E-state index contributed by atoms with van der Waals surface area (Å²) in [4.78, 5) is 11.4. The van der Waals surface area contributed by atoms with E-state index in [9.17, 15) is 4.79 Å². The normalized spacial score (nSPS) is 10.0. The van der Waals surface area contributed by atoms with Gasteiger partial charge in [0.25, 0.3) is 5.91 Å². The highest BCUT2D eigenvalue weighted by Crippen LogP contribution is 2.12. The van der Waals surface area contributed by atoms with E-state index in [2.05, 4.69) is 12.2 Å². The lowest BCUT2D eigenvalue weighted by Gasteiger charge is -2.07. The molecule has 0 heterocycles. The molecule has 4 nitrogen and oxygen atoms in total. The summed E-state index contributed by atoms with van der Waals surface area (Å²) in [6, 6.07) is 7.46.